The number of carbonyl (C=O) groups is 1. The summed E-state index contributed by atoms with van der Waals surface area (Å²) < 4.78 is 29.6. The van der Waals surface area contributed by atoms with Gasteiger partial charge >= 0.3 is 0 Å². The summed E-state index contributed by atoms with van der Waals surface area (Å²) in [5.41, 5.74) is 0.990. The number of ether oxygens (including phenoxy) is 1. The van der Waals surface area contributed by atoms with Gasteiger partial charge in [-0.3, -0.25) is 14.5 Å². The number of aliphatic imine (C=N–C) groups is 1. The third-order valence-electron chi connectivity index (χ3n) is 3.48. The van der Waals surface area contributed by atoms with Crippen LogP contribution in [0, 0.1) is 5.82 Å². The molecule has 132 valence electrons. The number of hydrogen-bond donors (Lipinski definition) is 1. The number of amidine groups is 1. The predicted octanol–water partition coefficient (Wildman–Crippen LogP) is 4.42. The van der Waals surface area contributed by atoms with Crippen molar-refractivity contribution < 1.29 is 18.3 Å². The van der Waals surface area contributed by atoms with Crippen molar-refractivity contribution in [3.05, 3.63) is 69.9 Å². The average Bonchev–Trinajstić information content (AvgIpc) is 2.66. The lowest BCUT2D eigenvalue weighted by Crippen LogP contribution is -2.35. The van der Waals surface area contributed by atoms with E-state index in [1.54, 1.807) is 36.4 Å². The highest BCUT2D eigenvalue weighted by atomic mass is 79.9. The first-order valence-corrected chi connectivity index (χ1v) is 8.32. The van der Waals surface area contributed by atoms with Gasteiger partial charge in [0.25, 0.3) is 11.9 Å². The molecule has 0 aliphatic carbocycles. The van der Waals surface area contributed by atoms with Crippen LogP contribution < -0.4 is 5.32 Å². The Morgan fingerprint density at radius 2 is 1.96 bits per heavy atom. The molecule has 1 aliphatic heterocycles. The topological polar surface area (TPSA) is 50.7 Å². The highest BCUT2D eigenvalue weighted by Gasteiger charge is 2.22. The van der Waals surface area contributed by atoms with Crippen molar-refractivity contribution >= 4 is 27.9 Å². The van der Waals surface area contributed by atoms with Crippen LogP contribution in [0.3, 0.4) is 0 Å². The van der Waals surface area contributed by atoms with E-state index in [1.807, 2.05) is 6.07 Å². The molecular formula is C18H17BrF2N2O2. The van der Waals surface area contributed by atoms with E-state index in [0.29, 0.717) is 31.3 Å². The molecule has 4 nitrogen and oxygen atoms in total. The Balaban J connectivity index is 0.00000109. The minimum absolute atomic E-state index is 0.120. The SMILES string of the molecule is CF.O=C(NC1=NC(c2cc(Br)ccc2F)CCO1)c1ccccc1. The van der Waals surface area contributed by atoms with Crippen LogP contribution in [0.1, 0.15) is 28.4 Å². The zero-order chi connectivity index (χ0) is 18.2. The summed E-state index contributed by atoms with van der Waals surface area (Å²) in [4.78, 5) is 16.4. The molecule has 0 bridgehead atoms. The minimum atomic E-state index is -0.382. The number of nitrogens with zero attached hydrogens (tertiary/aromatic N) is 1. The summed E-state index contributed by atoms with van der Waals surface area (Å²) >= 11 is 3.33. The molecule has 0 aromatic heterocycles. The average molecular weight is 411 g/mol. The summed E-state index contributed by atoms with van der Waals surface area (Å²) in [6.45, 7) is 0.366. The van der Waals surface area contributed by atoms with E-state index < -0.39 is 0 Å². The van der Waals surface area contributed by atoms with Crippen LogP contribution in [0.2, 0.25) is 0 Å². The second kappa shape index (κ2) is 9.27. The Bertz CT molecular complexity index is 754. The number of carbonyl (C=O) groups excluding carboxylic acids is 1. The highest BCUT2D eigenvalue weighted by Crippen LogP contribution is 2.29. The number of hydrogen-bond acceptors (Lipinski definition) is 3. The van der Waals surface area contributed by atoms with Crippen molar-refractivity contribution in [3.8, 4) is 0 Å². The molecule has 1 N–H and O–H groups in total. The first-order chi connectivity index (χ1) is 12.1. The van der Waals surface area contributed by atoms with Crippen LogP contribution >= 0.6 is 15.9 Å². The molecule has 0 spiro atoms. The smallest absolute Gasteiger partial charge is 0.292 e. The van der Waals surface area contributed by atoms with Crippen LogP contribution in [0.4, 0.5) is 8.78 Å². The van der Waals surface area contributed by atoms with Crippen molar-refractivity contribution in [2.75, 3.05) is 13.8 Å². The first-order valence-electron chi connectivity index (χ1n) is 7.53. The Labute approximate surface area is 153 Å². The van der Waals surface area contributed by atoms with Gasteiger partial charge in [0.2, 0.25) is 0 Å². The molecule has 1 atom stereocenters. The van der Waals surface area contributed by atoms with Gasteiger partial charge in [-0.25, -0.2) is 9.38 Å². The molecule has 0 saturated carbocycles. The van der Waals surface area contributed by atoms with Crippen molar-refractivity contribution in [2.24, 2.45) is 4.99 Å². The molecule has 0 saturated heterocycles. The summed E-state index contributed by atoms with van der Waals surface area (Å²) in [5.74, 6) is -0.627. The Hall–Kier alpha value is -2.28. The molecule has 0 fully saturated rings. The van der Waals surface area contributed by atoms with Crippen LogP contribution in [0.5, 0.6) is 0 Å². The van der Waals surface area contributed by atoms with E-state index >= 15 is 0 Å². The van der Waals surface area contributed by atoms with E-state index in [9.17, 15) is 13.6 Å². The molecule has 7 heteroatoms. The zero-order valence-corrected chi connectivity index (χ0v) is 15.1. The molecule has 3 rings (SSSR count). The molecule has 2 aromatic rings. The van der Waals surface area contributed by atoms with Gasteiger partial charge in [-0.2, -0.15) is 0 Å². The van der Waals surface area contributed by atoms with Gasteiger partial charge in [0.15, 0.2) is 0 Å². The Morgan fingerprint density at radius 3 is 2.68 bits per heavy atom. The van der Waals surface area contributed by atoms with Gasteiger partial charge in [-0.1, -0.05) is 34.1 Å². The number of rotatable bonds is 2. The maximum atomic E-state index is 14.0. The Morgan fingerprint density at radius 1 is 1.24 bits per heavy atom. The normalized spacial score (nSPS) is 16.0. The van der Waals surface area contributed by atoms with Gasteiger partial charge in [0, 0.05) is 22.0 Å². The molecule has 1 amide bonds. The van der Waals surface area contributed by atoms with E-state index in [0.717, 1.165) is 4.47 Å². The molecule has 1 heterocycles. The lowest BCUT2D eigenvalue weighted by atomic mass is 10.0. The standard InChI is InChI=1S/C17H14BrFN2O2.CH3F/c18-12-6-7-14(19)13(10-12)15-8-9-23-17(20-15)21-16(22)11-4-2-1-3-5-11;1-2/h1-7,10,15H,8-9H2,(H,20,21,22);1H3. The highest BCUT2D eigenvalue weighted by molar-refractivity contribution is 9.10. The van der Waals surface area contributed by atoms with E-state index in [1.165, 1.54) is 6.07 Å². The second-order valence-corrected chi connectivity index (χ2v) is 5.99. The van der Waals surface area contributed by atoms with Crippen LogP contribution in [0.15, 0.2) is 58.0 Å². The van der Waals surface area contributed by atoms with Crippen molar-refractivity contribution in [1.82, 2.24) is 5.32 Å². The fourth-order valence-electron chi connectivity index (χ4n) is 2.33. The number of nitrogens with one attached hydrogen (secondary N) is 1. The monoisotopic (exact) mass is 410 g/mol. The Kier molecular flexibility index (Phi) is 7.06. The van der Waals surface area contributed by atoms with Gasteiger partial charge in [0.1, 0.15) is 5.82 Å². The van der Waals surface area contributed by atoms with Crippen molar-refractivity contribution in [3.63, 3.8) is 0 Å². The van der Waals surface area contributed by atoms with Crippen LogP contribution in [-0.4, -0.2) is 25.7 Å². The molecule has 0 radical (unpaired) electrons. The quantitative estimate of drug-likeness (QED) is 0.796. The van der Waals surface area contributed by atoms with E-state index in [4.69, 9.17) is 4.74 Å². The zero-order valence-electron chi connectivity index (χ0n) is 13.5. The molecule has 1 unspecified atom stereocenters. The summed E-state index contributed by atoms with van der Waals surface area (Å²) in [6, 6.07) is 13.3. The number of amides is 1. The van der Waals surface area contributed by atoms with Crippen LogP contribution in [0.25, 0.3) is 0 Å². The lowest BCUT2D eigenvalue weighted by Gasteiger charge is -2.22. The fourth-order valence-corrected chi connectivity index (χ4v) is 2.71. The predicted molar refractivity (Wildman–Crippen MR) is 95.8 cm³/mol. The molecular weight excluding hydrogens is 394 g/mol. The number of benzene rings is 2. The van der Waals surface area contributed by atoms with Crippen molar-refractivity contribution in [1.29, 1.82) is 0 Å². The number of halogens is 3. The summed E-state index contributed by atoms with van der Waals surface area (Å²) in [5, 5.41) is 2.62. The van der Waals surface area contributed by atoms with E-state index in [2.05, 4.69) is 26.2 Å². The second-order valence-electron chi connectivity index (χ2n) is 5.07. The molecule has 25 heavy (non-hydrogen) atoms. The van der Waals surface area contributed by atoms with E-state index in [-0.39, 0.29) is 23.8 Å². The third-order valence-corrected chi connectivity index (χ3v) is 3.97. The van der Waals surface area contributed by atoms with Gasteiger partial charge < -0.3 is 4.74 Å². The maximum Gasteiger partial charge on any atom is 0.292 e. The van der Waals surface area contributed by atoms with Crippen molar-refractivity contribution in [2.45, 2.75) is 12.5 Å². The first kappa shape index (κ1) is 19.1. The number of alkyl halides is 1. The third kappa shape index (κ3) is 5.09. The minimum Gasteiger partial charge on any atom is -0.465 e. The maximum absolute atomic E-state index is 14.0. The molecule has 1 aliphatic rings. The van der Waals surface area contributed by atoms with Gasteiger partial charge in [-0.05, 0) is 30.3 Å². The summed E-state index contributed by atoms with van der Waals surface area (Å²) in [6.07, 6.45) is 0.554. The molecule has 2 aromatic carbocycles. The largest absolute Gasteiger partial charge is 0.465 e. The van der Waals surface area contributed by atoms with Gasteiger partial charge in [0.05, 0.1) is 19.8 Å². The van der Waals surface area contributed by atoms with Crippen LogP contribution in [-0.2, 0) is 4.74 Å². The summed E-state index contributed by atoms with van der Waals surface area (Å²) in [7, 11) is 0.500. The lowest BCUT2D eigenvalue weighted by molar-refractivity contribution is 0.0962. The fraction of sp³-hybridized carbons (Fsp3) is 0.222. The van der Waals surface area contributed by atoms with Gasteiger partial charge in [-0.15, -0.1) is 0 Å².